The van der Waals surface area contributed by atoms with E-state index in [-0.39, 0.29) is 11.1 Å². The molecule has 2 nitrogen and oxygen atoms in total. The maximum atomic E-state index is 5.12. The van der Waals surface area contributed by atoms with Crippen LogP contribution in [0.1, 0.15) is 66.2 Å². The summed E-state index contributed by atoms with van der Waals surface area (Å²) in [5, 5.41) is 5.41. The minimum atomic E-state index is -0.160. The molecular formula is C22H32N2S2. The molecule has 0 aromatic heterocycles. The zero-order valence-corrected chi connectivity index (χ0v) is 18.3. The van der Waals surface area contributed by atoms with Gasteiger partial charge < -0.3 is 0 Å². The Morgan fingerprint density at radius 3 is 2.62 bits per heavy atom. The Labute approximate surface area is 169 Å². The van der Waals surface area contributed by atoms with Gasteiger partial charge in [-0.3, -0.25) is 0 Å². The summed E-state index contributed by atoms with van der Waals surface area (Å²) >= 11 is 10.0. The second kappa shape index (κ2) is 7.40. The summed E-state index contributed by atoms with van der Waals surface area (Å²) in [5.74, 6) is 3.70. The van der Waals surface area contributed by atoms with Crippen molar-refractivity contribution in [2.75, 3.05) is 0 Å². The van der Waals surface area contributed by atoms with E-state index in [1.54, 1.807) is 0 Å². The molecule has 0 radical (unpaired) electrons. The van der Waals surface area contributed by atoms with Crippen LogP contribution >= 0.6 is 24.4 Å². The Kier molecular flexibility index (Phi) is 5.71. The Morgan fingerprint density at radius 1 is 1.23 bits per heavy atom. The Balaban J connectivity index is 2.04. The molecule has 0 heterocycles. The molecule has 0 bridgehead atoms. The van der Waals surface area contributed by atoms with E-state index in [1.807, 2.05) is 0 Å². The molecule has 3 aliphatic carbocycles. The second-order valence-electron chi connectivity index (χ2n) is 9.74. The largest absolute Gasteiger partial charge is 0.226 e. The summed E-state index contributed by atoms with van der Waals surface area (Å²) in [6, 6.07) is 0. The first-order chi connectivity index (χ1) is 12.3. The molecule has 3 fully saturated rings. The third-order valence-electron chi connectivity index (χ3n) is 7.81. The summed E-state index contributed by atoms with van der Waals surface area (Å²) in [5.41, 5.74) is 1.25. The van der Waals surface area contributed by atoms with E-state index in [0.717, 1.165) is 25.2 Å². The zero-order chi connectivity index (χ0) is 19.1. The minimum Gasteiger partial charge on any atom is -0.226 e. The first kappa shape index (κ1) is 20.1. The summed E-state index contributed by atoms with van der Waals surface area (Å²) < 4.78 is 0. The van der Waals surface area contributed by atoms with Gasteiger partial charge in [-0.1, -0.05) is 26.0 Å². The van der Waals surface area contributed by atoms with E-state index in [1.165, 1.54) is 24.8 Å². The van der Waals surface area contributed by atoms with Gasteiger partial charge in [-0.05, 0) is 112 Å². The standard InChI is InChI=1S/C22H32N2S2/c1-14-8-9-22(24-13-26)16(3)6-7-18-15(2)10-17(19(14)20(18)22)11-21(4,5)23-12-25/h15-20H,1,6-11H2,2-5H3/t15-,16-,17-,18+,19-,20-,22-/m0/s1. The molecule has 0 N–H and O–H groups in total. The molecule has 142 valence electrons. The van der Waals surface area contributed by atoms with Crippen molar-refractivity contribution in [3.05, 3.63) is 12.2 Å². The van der Waals surface area contributed by atoms with Crippen molar-refractivity contribution in [3.8, 4) is 0 Å². The average molecular weight is 389 g/mol. The highest BCUT2D eigenvalue weighted by Crippen LogP contribution is 2.62. The van der Waals surface area contributed by atoms with Gasteiger partial charge in [0.15, 0.2) is 0 Å². The summed E-state index contributed by atoms with van der Waals surface area (Å²) in [6.45, 7) is 13.7. The molecule has 0 aromatic rings. The summed E-state index contributed by atoms with van der Waals surface area (Å²) in [6.07, 6.45) is 7.04. The van der Waals surface area contributed by atoms with Crippen molar-refractivity contribution >= 4 is 34.8 Å². The third-order valence-corrected chi connectivity index (χ3v) is 7.99. The van der Waals surface area contributed by atoms with Gasteiger partial charge in [0.25, 0.3) is 0 Å². The number of allylic oxidation sites excluding steroid dienone is 1. The number of aliphatic imine (C=N–C) groups is 2. The van der Waals surface area contributed by atoms with Gasteiger partial charge in [0, 0.05) is 0 Å². The van der Waals surface area contributed by atoms with Crippen LogP contribution in [0, 0.1) is 35.5 Å². The van der Waals surface area contributed by atoms with Crippen molar-refractivity contribution < 1.29 is 0 Å². The zero-order valence-electron chi connectivity index (χ0n) is 16.6. The maximum absolute atomic E-state index is 5.12. The summed E-state index contributed by atoms with van der Waals surface area (Å²) in [7, 11) is 0. The van der Waals surface area contributed by atoms with Crippen molar-refractivity contribution in [3.63, 3.8) is 0 Å². The lowest BCUT2D eigenvalue weighted by atomic mass is 9.45. The number of thiocarbonyl (C=S) groups is 2. The lowest BCUT2D eigenvalue weighted by Gasteiger charge is -2.61. The highest BCUT2D eigenvalue weighted by Gasteiger charge is 2.60. The minimum absolute atomic E-state index is 0.0268. The van der Waals surface area contributed by atoms with Crippen molar-refractivity contribution in [1.29, 1.82) is 0 Å². The van der Waals surface area contributed by atoms with E-state index >= 15 is 0 Å². The van der Waals surface area contributed by atoms with E-state index in [2.05, 4.69) is 49.6 Å². The highest BCUT2D eigenvalue weighted by molar-refractivity contribution is 7.78. The third kappa shape index (κ3) is 3.31. The Morgan fingerprint density at radius 2 is 1.96 bits per heavy atom. The lowest BCUT2D eigenvalue weighted by Crippen LogP contribution is -2.60. The number of isothiocyanates is 2. The van der Waals surface area contributed by atoms with Gasteiger partial charge in [-0.25, -0.2) is 9.98 Å². The molecule has 0 amide bonds. The monoisotopic (exact) mass is 388 g/mol. The smallest absolute Gasteiger partial charge is 0.0775 e. The quantitative estimate of drug-likeness (QED) is 0.317. The van der Waals surface area contributed by atoms with Gasteiger partial charge in [-0.15, -0.1) is 0 Å². The Bertz CT molecular complexity index is 672. The molecule has 0 unspecified atom stereocenters. The molecule has 26 heavy (non-hydrogen) atoms. The molecule has 0 aliphatic heterocycles. The van der Waals surface area contributed by atoms with E-state index in [0.29, 0.717) is 29.6 Å². The maximum Gasteiger partial charge on any atom is 0.0775 e. The van der Waals surface area contributed by atoms with Crippen LogP contribution in [0.25, 0.3) is 0 Å². The first-order valence-corrected chi connectivity index (χ1v) is 10.9. The molecule has 3 aliphatic rings. The average Bonchev–Trinajstić information content (AvgIpc) is 2.55. The second-order valence-corrected chi connectivity index (χ2v) is 10.1. The number of rotatable bonds is 4. The van der Waals surface area contributed by atoms with E-state index in [9.17, 15) is 0 Å². The van der Waals surface area contributed by atoms with Crippen LogP contribution in [-0.4, -0.2) is 21.4 Å². The van der Waals surface area contributed by atoms with Crippen molar-refractivity contribution in [2.45, 2.75) is 77.3 Å². The SMILES string of the molecule is C=C1CC[C@@]2(N=C=S)[C@H]3[C@H](CC[C@@H]2C)[C@@H](C)C[C@@H](CC(C)(C)N=C=S)[C@H]13. The van der Waals surface area contributed by atoms with Crippen molar-refractivity contribution in [1.82, 2.24) is 0 Å². The van der Waals surface area contributed by atoms with Crippen molar-refractivity contribution in [2.24, 2.45) is 45.5 Å². The van der Waals surface area contributed by atoms with Gasteiger partial charge in [-0.2, -0.15) is 0 Å². The van der Waals surface area contributed by atoms with Gasteiger partial charge in [0.1, 0.15) is 0 Å². The van der Waals surface area contributed by atoms with Crippen LogP contribution in [0.5, 0.6) is 0 Å². The molecular weight excluding hydrogens is 356 g/mol. The van der Waals surface area contributed by atoms with Crippen LogP contribution in [0.4, 0.5) is 0 Å². The summed E-state index contributed by atoms with van der Waals surface area (Å²) in [4.78, 5) is 9.37. The van der Waals surface area contributed by atoms with Crippen LogP contribution in [0.2, 0.25) is 0 Å². The Hall–Kier alpha value is -0.660. The van der Waals surface area contributed by atoms with Crippen LogP contribution < -0.4 is 0 Å². The number of hydrogen-bond donors (Lipinski definition) is 0. The molecule has 7 atom stereocenters. The lowest BCUT2D eigenvalue weighted by molar-refractivity contribution is -0.0689. The van der Waals surface area contributed by atoms with E-state index < -0.39 is 0 Å². The topological polar surface area (TPSA) is 24.7 Å². The van der Waals surface area contributed by atoms with Gasteiger partial charge in [0.05, 0.1) is 21.4 Å². The van der Waals surface area contributed by atoms with Crippen LogP contribution in [0.15, 0.2) is 22.1 Å². The van der Waals surface area contributed by atoms with Crippen LogP contribution in [0.3, 0.4) is 0 Å². The molecule has 0 saturated heterocycles. The fraction of sp³-hybridized carbons (Fsp3) is 0.818. The predicted molar refractivity (Wildman–Crippen MR) is 116 cm³/mol. The molecule has 0 spiro atoms. The molecule has 4 heteroatoms. The molecule has 3 rings (SSSR count). The normalized spacial score (nSPS) is 42.2. The first-order valence-electron chi connectivity index (χ1n) is 10.1. The predicted octanol–water partition coefficient (Wildman–Crippen LogP) is 6.38. The molecule has 3 saturated carbocycles. The fourth-order valence-electron chi connectivity index (χ4n) is 6.75. The van der Waals surface area contributed by atoms with Gasteiger partial charge in [0.2, 0.25) is 0 Å². The van der Waals surface area contributed by atoms with E-state index in [4.69, 9.17) is 29.4 Å². The number of nitrogens with zero attached hydrogens (tertiary/aromatic N) is 2. The number of hydrogen-bond acceptors (Lipinski definition) is 4. The molecule has 0 aromatic carbocycles. The van der Waals surface area contributed by atoms with Crippen LogP contribution in [-0.2, 0) is 0 Å². The highest BCUT2D eigenvalue weighted by atomic mass is 32.1. The fourth-order valence-corrected chi connectivity index (χ4v) is 7.17. The van der Waals surface area contributed by atoms with Gasteiger partial charge >= 0.3 is 0 Å².